The van der Waals surface area contributed by atoms with E-state index in [2.05, 4.69) is 0 Å². The number of halogens is 1. The molecule has 116 valence electrons. The van der Waals surface area contributed by atoms with Crippen molar-refractivity contribution in [1.29, 1.82) is 0 Å². The predicted octanol–water partition coefficient (Wildman–Crippen LogP) is 1.23. The molecule has 0 N–H and O–H groups in total. The molecular formula is C14H18FNO4S. The normalized spacial score (nSPS) is 20.2. The summed E-state index contributed by atoms with van der Waals surface area (Å²) in [4.78, 5) is 13.6. The van der Waals surface area contributed by atoms with E-state index in [4.69, 9.17) is 4.74 Å². The first-order valence-electron chi connectivity index (χ1n) is 6.60. The number of hydrogen-bond donors (Lipinski definition) is 0. The van der Waals surface area contributed by atoms with Gasteiger partial charge < -0.3 is 9.64 Å². The van der Waals surface area contributed by atoms with E-state index >= 15 is 0 Å². The minimum atomic E-state index is -3.09. The van der Waals surface area contributed by atoms with Crippen LogP contribution in [0.1, 0.15) is 12.0 Å². The quantitative estimate of drug-likeness (QED) is 0.838. The predicted molar refractivity (Wildman–Crippen MR) is 76.2 cm³/mol. The molecule has 0 saturated carbocycles. The number of carbonyl (C=O) groups excluding carboxylic acids is 1. The molecule has 0 aromatic heterocycles. The van der Waals surface area contributed by atoms with Gasteiger partial charge in [-0.15, -0.1) is 0 Å². The van der Waals surface area contributed by atoms with Crippen LogP contribution in [0.2, 0.25) is 0 Å². The van der Waals surface area contributed by atoms with Gasteiger partial charge in [0, 0.05) is 13.6 Å². The Morgan fingerprint density at radius 3 is 2.71 bits per heavy atom. The van der Waals surface area contributed by atoms with Gasteiger partial charge in [-0.1, -0.05) is 6.07 Å². The first kappa shape index (κ1) is 15.8. The number of hydrogen-bond acceptors (Lipinski definition) is 4. The lowest BCUT2D eigenvalue weighted by Crippen LogP contribution is -2.33. The monoisotopic (exact) mass is 315 g/mol. The zero-order valence-corrected chi connectivity index (χ0v) is 12.8. The molecule has 0 spiro atoms. The summed E-state index contributed by atoms with van der Waals surface area (Å²) in [6.07, 6.45) is 0.364. The van der Waals surface area contributed by atoms with Gasteiger partial charge in [0.05, 0.1) is 24.5 Å². The van der Waals surface area contributed by atoms with Crippen molar-refractivity contribution in [2.45, 2.75) is 13.0 Å². The fourth-order valence-electron chi connectivity index (χ4n) is 2.46. The van der Waals surface area contributed by atoms with Gasteiger partial charge in [0.2, 0.25) is 5.91 Å². The number of sulfone groups is 1. The third kappa shape index (κ3) is 3.72. The highest BCUT2D eigenvalue weighted by atomic mass is 32.2. The first-order valence-corrected chi connectivity index (χ1v) is 8.42. The molecule has 21 heavy (non-hydrogen) atoms. The van der Waals surface area contributed by atoms with Gasteiger partial charge in [0.1, 0.15) is 0 Å². The minimum absolute atomic E-state index is 0.0639. The third-order valence-electron chi connectivity index (χ3n) is 3.59. The molecule has 2 rings (SSSR count). The van der Waals surface area contributed by atoms with E-state index in [1.54, 1.807) is 13.1 Å². The lowest BCUT2D eigenvalue weighted by Gasteiger charge is -2.20. The highest BCUT2D eigenvalue weighted by molar-refractivity contribution is 7.91. The molecule has 7 heteroatoms. The van der Waals surface area contributed by atoms with E-state index < -0.39 is 21.6 Å². The van der Waals surface area contributed by atoms with Gasteiger partial charge in [0.25, 0.3) is 0 Å². The van der Waals surface area contributed by atoms with Crippen molar-refractivity contribution in [2.24, 2.45) is 5.92 Å². The van der Waals surface area contributed by atoms with Gasteiger partial charge in [-0.25, -0.2) is 12.8 Å². The van der Waals surface area contributed by atoms with E-state index in [1.165, 1.54) is 24.1 Å². The fraction of sp³-hybridized carbons (Fsp3) is 0.500. The third-order valence-corrected chi connectivity index (χ3v) is 5.36. The second-order valence-corrected chi connectivity index (χ2v) is 7.49. The molecule has 1 amide bonds. The molecule has 0 bridgehead atoms. The summed E-state index contributed by atoms with van der Waals surface area (Å²) in [5.41, 5.74) is 0.630. The van der Waals surface area contributed by atoms with Crippen molar-refractivity contribution >= 4 is 15.7 Å². The van der Waals surface area contributed by atoms with Crippen molar-refractivity contribution in [1.82, 2.24) is 4.90 Å². The summed E-state index contributed by atoms with van der Waals surface area (Å²) in [7, 11) is -0.111. The van der Waals surface area contributed by atoms with Crippen LogP contribution in [0.15, 0.2) is 18.2 Å². The highest BCUT2D eigenvalue weighted by Crippen LogP contribution is 2.22. The van der Waals surface area contributed by atoms with E-state index in [0.29, 0.717) is 12.0 Å². The number of methoxy groups -OCH3 is 1. The maximum Gasteiger partial charge on any atom is 0.226 e. The van der Waals surface area contributed by atoms with Gasteiger partial charge in [-0.05, 0) is 24.1 Å². The minimum Gasteiger partial charge on any atom is -0.494 e. The standard InChI is InChI=1S/C14H18FNO4S/c1-16(14(17)11-5-6-21(18,19)9-11)8-10-3-4-13(20-2)12(15)7-10/h3-4,7,11H,5-6,8-9H2,1-2H3. The lowest BCUT2D eigenvalue weighted by molar-refractivity contribution is -0.133. The number of nitrogens with zero attached hydrogens (tertiary/aromatic N) is 1. The molecule has 1 aliphatic rings. The van der Waals surface area contributed by atoms with E-state index in [1.807, 2.05) is 0 Å². The van der Waals surface area contributed by atoms with Crippen LogP contribution < -0.4 is 4.74 Å². The Morgan fingerprint density at radius 2 is 2.19 bits per heavy atom. The van der Waals surface area contributed by atoms with Gasteiger partial charge in [0.15, 0.2) is 21.4 Å². The topological polar surface area (TPSA) is 63.7 Å². The van der Waals surface area contributed by atoms with Crippen LogP contribution in [0.4, 0.5) is 4.39 Å². The molecule has 1 saturated heterocycles. The average molecular weight is 315 g/mol. The first-order chi connectivity index (χ1) is 9.82. The molecule has 5 nitrogen and oxygen atoms in total. The van der Waals surface area contributed by atoms with Gasteiger partial charge >= 0.3 is 0 Å². The van der Waals surface area contributed by atoms with Crippen molar-refractivity contribution in [3.05, 3.63) is 29.6 Å². The Hall–Kier alpha value is -1.63. The maximum absolute atomic E-state index is 13.6. The number of rotatable bonds is 4. The second kappa shape index (κ2) is 6.01. The van der Waals surface area contributed by atoms with E-state index in [9.17, 15) is 17.6 Å². The Bertz CT molecular complexity index is 644. The van der Waals surface area contributed by atoms with Crippen LogP contribution in [-0.4, -0.2) is 44.9 Å². The molecule has 1 unspecified atom stereocenters. The molecular weight excluding hydrogens is 297 g/mol. The number of benzene rings is 1. The van der Waals surface area contributed by atoms with Crippen LogP contribution in [0.5, 0.6) is 5.75 Å². The van der Waals surface area contributed by atoms with E-state index in [-0.39, 0.29) is 29.7 Å². The summed E-state index contributed by atoms with van der Waals surface area (Å²) in [6, 6.07) is 4.49. The maximum atomic E-state index is 13.6. The zero-order chi connectivity index (χ0) is 15.6. The molecule has 1 heterocycles. The van der Waals surface area contributed by atoms with Crippen LogP contribution in [0, 0.1) is 11.7 Å². The highest BCUT2D eigenvalue weighted by Gasteiger charge is 2.34. The summed E-state index contributed by atoms with van der Waals surface area (Å²) in [6.45, 7) is 0.232. The largest absolute Gasteiger partial charge is 0.494 e. The summed E-state index contributed by atoms with van der Waals surface area (Å²) >= 11 is 0. The number of ether oxygens (including phenoxy) is 1. The van der Waals surface area contributed by atoms with Gasteiger partial charge in [-0.2, -0.15) is 0 Å². The summed E-state index contributed by atoms with van der Waals surface area (Å²) < 4.78 is 41.2. The van der Waals surface area contributed by atoms with Gasteiger partial charge in [-0.3, -0.25) is 4.79 Å². The van der Waals surface area contributed by atoms with Crippen LogP contribution in [0.25, 0.3) is 0 Å². The second-order valence-electron chi connectivity index (χ2n) is 5.26. The van der Waals surface area contributed by atoms with Crippen LogP contribution >= 0.6 is 0 Å². The molecule has 1 aromatic rings. The molecule has 0 radical (unpaired) electrons. The Kier molecular flexibility index (Phi) is 4.51. The Morgan fingerprint density at radius 1 is 1.48 bits per heavy atom. The fourth-order valence-corrected chi connectivity index (χ4v) is 4.19. The summed E-state index contributed by atoms with van der Waals surface area (Å²) in [5.74, 6) is -1.06. The molecule has 1 atom stereocenters. The Labute approximate surface area is 123 Å². The molecule has 1 aromatic carbocycles. The average Bonchev–Trinajstić information content (AvgIpc) is 2.78. The van der Waals surface area contributed by atoms with E-state index in [0.717, 1.165) is 0 Å². The van der Waals surface area contributed by atoms with Crippen molar-refractivity contribution in [3.8, 4) is 5.75 Å². The molecule has 0 aliphatic carbocycles. The molecule has 1 aliphatic heterocycles. The Balaban J connectivity index is 2.02. The smallest absolute Gasteiger partial charge is 0.226 e. The van der Waals surface area contributed by atoms with Crippen molar-refractivity contribution < 1.29 is 22.3 Å². The van der Waals surface area contributed by atoms with Crippen molar-refractivity contribution in [3.63, 3.8) is 0 Å². The summed E-state index contributed by atoms with van der Waals surface area (Å²) in [5, 5.41) is 0. The zero-order valence-electron chi connectivity index (χ0n) is 12.0. The van der Waals surface area contributed by atoms with Crippen LogP contribution in [-0.2, 0) is 21.2 Å². The van der Waals surface area contributed by atoms with Crippen molar-refractivity contribution in [2.75, 3.05) is 25.7 Å². The number of carbonyl (C=O) groups is 1. The lowest BCUT2D eigenvalue weighted by atomic mass is 10.1. The SMILES string of the molecule is COc1ccc(CN(C)C(=O)C2CCS(=O)(=O)C2)cc1F. The number of amides is 1. The molecule has 1 fully saturated rings. The van der Waals surface area contributed by atoms with Crippen LogP contribution in [0.3, 0.4) is 0 Å².